The number of thiazole rings is 2. The number of aliphatic hydroxyl groups excluding tert-OH is 1. The summed E-state index contributed by atoms with van der Waals surface area (Å²) in [7, 11) is 0. The number of halogens is 1. The summed E-state index contributed by atoms with van der Waals surface area (Å²) < 4.78 is 5.55. The number of aromatic nitrogens is 4. The zero-order valence-electron chi connectivity index (χ0n) is 34.3. The topological polar surface area (TPSA) is 142 Å². The Morgan fingerprint density at radius 3 is 1.89 bits per heavy atom. The molecule has 322 valence electrons. The van der Waals surface area contributed by atoms with Crippen LogP contribution in [0.2, 0.25) is 0 Å². The average Bonchev–Trinajstić information content (AvgIpc) is 4.06. The van der Waals surface area contributed by atoms with Gasteiger partial charge < -0.3 is 9.84 Å². The van der Waals surface area contributed by atoms with Gasteiger partial charge in [0.2, 0.25) is 0 Å². The van der Waals surface area contributed by atoms with Gasteiger partial charge >= 0.3 is 6.09 Å². The summed E-state index contributed by atoms with van der Waals surface area (Å²) in [5, 5.41) is 28.0. The molecule has 0 radical (unpaired) electrons. The van der Waals surface area contributed by atoms with Crippen molar-refractivity contribution in [2.45, 2.75) is 62.7 Å². The lowest BCUT2D eigenvalue weighted by Crippen LogP contribution is -2.38. The highest BCUT2D eigenvalue weighted by atomic mass is 35.5. The monoisotopic (exact) mass is 960 g/mol. The number of carbonyl (C=O) groups excluding carboxylic acids is 2. The van der Waals surface area contributed by atoms with Crippen molar-refractivity contribution < 1.29 is 19.4 Å². The van der Waals surface area contributed by atoms with E-state index in [-0.39, 0.29) is 31.2 Å². The van der Waals surface area contributed by atoms with E-state index in [2.05, 4.69) is 29.9 Å². The number of rotatable bonds is 22. The molecule has 4 heterocycles. The number of carbonyl (C=O) groups is 2. The lowest BCUT2D eigenvalue weighted by atomic mass is 9.98. The van der Waals surface area contributed by atoms with Gasteiger partial charge in [-0.2, -0.15) is 28.8 Å². The van der Waals surface area contributed by atoms with Gasteiger partial charge in [-0.05, 0) is 64.3 Å². The number of thioether (sulfide) groups is 4. The molecule has 6 rings (SSSR count). The van der Waals surface area contributed by atoms with E-state index in [0.717, 1.165) is 68.9 Å². The third kappa shape index (κ3) is 12.6. The van der Waals surface area contributed by atoms with Crippen LogP contribution in [0.5, 0.6) is 0 Å². The van der Waals surface area contributed by atoms with E-state index in [4.69, 9.17) is 26.3 Å². The number of aliphatic hydroxyl groups is 1. The van der Waals surface area contributed by atoms with E-state index in [0.29, 0.717) is 53.8 Å². The molecule has 0 aliphatic rings. The summed E-state index contributed by atoms with van der Waals surface area (Å²) in [6, 6.07) is 20.9. The molecule has 17 heteroatoms. The molecule has 0 aliphatic heterocycles. The van der Waals surface area contributed by atoms with Gasteiger partial charge in [-0.15, -0.1) is 34.3 Å². The van der Waals surface area contributed by atoms with E-state index in [1.165, 1.54) is 34.4 Å². The quantitative estimate of drug-likeness (QED) is 0.0299. The Bertz CT molecular complexity index is 2410. The number of amides is 2. The molecule has 0 saturated heterocycles. The third-order valence-corrected chi connectivity index (χ3v) is 15.6. The van der Waals surface area contributed by atoms with Gasteiger partial charge in [-0.1, -0.05) is 98.7 Å². The number of nitrogens with zero attached hydrogens (tertiary/aromatic N) is 6. The zero-order valence-corrected chi connectivity index (χ0v) is 39.9. The maximum absolute atomic E-state index is 15.2. The van der Waals surface area contributed by atoms with E-state index < -0.39 is 12.0 Å². The predicted molar refractivity (Wildman–Crippen MR) is 260 cm³/mol. The van der Waals surface area contributed by atoms with Gasteiger partial charge in [0.25, 0.3) is 5.91 Å². The molecule has 0 fully saturated rings. The van der Waals surface area contributed by atoms with E-state index >= 15 is 4.79 Å². The average molecular weight is 962 g/mol. The number of unbranched alkanes of at least 4 members (excludes halogenated alkanes) is 2. The second-order valence-corrected chi connectivity index (χ2v) is 20.6. The van der Waals surface area contributed by atoms with Crippen molar-refractivity contribution in [2.75, 3.05) is 34.2 Å². The molecule has 0 unspecified atom stereocenters. The molecule has 4 aromatic heterocycles. The summed E-state index contributed by atoms with van der Waals surface area (Å²) in [5.41, 5.74) is 6.19. The number of alkyl halides is 1. The molecule has 62 heavy (non-hydrogen) atoms. The van der Waals surface area contributed by atoms with Crippen molar-refractivity contribution in [3.63, 3.8) is 0 Å². The number of pyridine rings is 2. The highest BCUT2D eigenvalue weighted by Crippen LogP contribution is 2.39. The Morgan fingerprint density at radius 2 is 1.35 bits per heavy atom. The van der Waals surface area contributed by atoms with Crippen molar-refractivity contribution >= 4 is 93.3 Å². The molecule has 0 saturated carbocycles. The van der Waals surface area contributed by atoms with Crippen LogP contribution >= 0.6 is 81.3 Å². The number of hydrogen-bond donors (Lipinski definition) is 1. The third-order valence-electron chi connectivity index (χ3n) is 9.26. The Kier molecular flexibility index (Phi) is 19.0. The Balaban J connectivity index is 1.40. The lowest BCUT2D eigenvalue weighted by Gasteiger charge is -2.24. The van der Waals surface area contributed by atoms with Gasteiger partial charge in [0.1, 0.15) is 44.1 Å². The first-order valence-corrected chi connectivity index (χ1v) is 26.5. The minimum Gasteiger partial charge on any atom is -0.448 e. The fourth-order valence-corrected chi connectivity index (χ4v) is 11.8. The Morgan fingerprint density at radius 1 is 0.806 bits per heavy atom. The van der Waals surface area contributed by atoms with Crippen LogP contribution in [-0.2, 0) is 17.9 Å². The zero-order chi connectivity index (χ0) is 43.7. The van der Waals surface area contributed by atoms with Crippen LogP contribution in [-0.4, -0.2) is 76.1 Å². The van der Waals surface area contributed by atoms with Gasteiger partial charge in [0.15, 0.2) is 0 Å². The fourth-order valence-electron chi connectivity index (χ4n) is 6.07. The largest absolute Gasteiger partial charge is 0.448 e. The molecule has 6 aromatic rings. The summed E-state index contributed by atoms with van der Waals surface area (Å²) in [4.78, 5) is 49.1. The minimum absolute atomic E-state index is 0.0545. The van der Waals surface area contributed by atoms with Crippen molar-refractivity contribution in [1.29, 1.82) is 5.26 Å². The van der Waals surface area contributed by atoms with Gasteiger partial charge in [0.05, 0.1) is 30.2 Å². The molecule has 1 N–H and O–H groups in total. The Labute approximate surface area is 392 Å². The molecule has 0 bridgehead atoms. The van der Waals surface area contributed by atoms with Gasteiger partial charge in [-0.25, -0.2) is 29.6 Å². The summed E-state index contributed by atoms with van der Waals surface area (Å²) in [6.45, 7) is 3.98. The molecular weight excluding hydrogens is 916 g/mol. The summed E-state index contributed by atoms with van der Waals surface area (Å²) in [6.07, 6.45) is 7.00. The number of benzene rings is 2. The first-order valence-electron chi connectivity index (χ1n) is 19.9. The van der Waals surface area contributed by atoms with Crippen LogP contribution in [0.25, 0.3) is 43.7 Å². The molecule has 2 aromatic carbocycles. The fraction of sp³-hybridized carbons (Fsp3) is 0.311. The smallest absolute Gasteiger partial charge is 0.417 e. The van der Waals surface area contributed by atoms with Crippen LogP contribution < -0.4 is 0 Å². The minimum atomic E-state index is -0.842. The highest BCUT2D eigenvalue weighted by Gasteiger charge is 2.31. The SMILES string of the molecule is CCCCSCSc1nc(-c2nccs2)cc(-c2ccc(CN(C(=O)OCCCl)C(=O)c3c(-c4ccc(CO)cc4)cc(-c4nccs4)nc3SCSCCCC)cc2)c1C#N. The Hall–Kier alpha value is -3.92. The molecule has 10 nitrogen and oxygen atoms in total. The van der Waals surface area contributed by atoms with Crippen molar-refractivity contribution in [2.24, 2.45) is 0 Å². The molecule has 2 amide bonds. The first kappa shape index (κ1) is 47.6. The molecule has 0 aliphatic carbocycles. The van der Waals surface area contributed by atoms with Crippen LogP contribution in [0, 0.1) is 11.3 Å². The van der Waals surface area contributed by atoms with E-state index in [1.54, 1.807) is 35.9 Å². The number of imide groups is 1. The summed E-state index contributed by atoms with van der Waals surface area (Å²) >= 11 is 15.5. The number of nitriles is 1. The maximum Gasteiger partial charge on any atom is 0.417 e. The molecule has 0 spiro atoms. The standard InChI is InChI=1S/C45H45ClN6O4S6/c1-3-5-19-57-28-61-40-36(25-47)34(23-37(50-40)41-48-16-21-59-41)32-11-7-30(8-12-32)26-52(45(55)56-18-15-46)44(54)39-35(33-13-9-31(27-53)10-14-33)24-38(42-49-17-22-60-42)51-43(39)62-29-58-20-6-4-2/h7-14,16-17,21-24,53H,3-6,15,18-20,26-29H2,1-2H3. The van der Waals surface area contributed by atoms with Crippen molar-refractivity contribution in [1.82, 2.24) is 24.8 Å². The molecular formula is C45H45ClN6O4S6. The van der Waals surface area contributed by atoms with Gasteiger partial charge in [0, 0.05) is 38.9 Å². The van der Waals surface area contributed by atoms with Crippen LogP contribution in [0.3, 0.4) is 0 Å². The molecule has 0 atom stereocenters. The van der Waals surface area contributed by atoms with Crippen molar-refractivity contribution in [3.05, 3.63) is 106 Å². The van der Waals surface area contributed by atoms with Crippen LogP contribution in [0.1, 0.15) is 66.6 Å². The summed E-state index contributed by atoms with van der Waals surface area (Å²) in [5.74, 6) is 1.47. The number of ether oxygens (including phenoxy) is 1. The van der Waals surface area contributed by atoms with Crippen molar-refractivity contribution in [3.8, 4) is 49.7 Å². The van der Waals surface area contributed by atoms with E-state index in [9.17, 15) is 15.2 Å². The number of hydrogen-bond acceptors (Lipinski definition) is 15. The maximum atomic E-state index is 15.2. The first-order chi connectivity index (χ1) is 30.4. The lowest BCUT2D eigenvalue weighted by molar-refractivity contribution is 0.0656. The normalized spacial score (nSPS) is 11.1. The van der Waals surface area contributed by atoms with E-state index in [1.807, 2.05) is 83.2 Å². The predicted octanol–water partition coefficient (Wildman–Crippen LogP) is 12.6. The van der Waals surface area contributed by atoms with Crippen LogP contribution in [0.15, 0.2) is 93.9 Å². The second-order valence-electron chi connectivity index (χ2n) is 13.6. The second kappa shape index (κ2) is 24.8. The highest BCUT2D eigenvalue weighted by molar-refractivity contribution is 8.16. The van der Waals surface area contributed by atoms with Crippen LogP contribution in [0.4, 0.5) is 4.79 Å². The van der Waals surface area contributed by atoms with Gasteiger partial charge in [-0.3, -0.25) is 4.79 Å².